The molecule has 5 nitrogen and oxygen atoms in total. The summed E-state index contributed by atoms with van der Waals surface area (Å²) in [5, 5.41) is 7.28. The molecule has 21 heavy (non-hydrogen) atoms. The van der Waals surface area contributed by atoms with E-state index in [0.29, 0.717) is 6.61 Å². The van der Waals surface area contributed by atoms with Crippen molar-refractivity contribution < 1.29 is 4.74 Å². The second-order valence-corrected chi connectivity index (χ2v) is 4.61. The predicted octanol–water partition coefficient (Wildman–Crippen LogP) is 2.18. The largest absolute Gasteiger partial charge is 0.489 e. The average molecular weight is 282 g/mol. The number of hydrogen-bond acceptors (Lipinski definition) is 3. The first-order valence-electron chi connectivity index (χ1n) is 6.54. The number of nitrogens with zero attached hydrogens (tertiary/aromatic N) is 2. The van der Waals surface area contributed by atoms with E-state index >= 15 is 0 Å². The van der Waals surface area contributed by atoms with Crippen LogP contribution in [0.2, 0.25) is 0 Å². The lowest BCUT2D eigenvalue weighted by Crippen LogP contribution is -2.21. The molecular weight excluding hydrogens is 264 g/mol. The van der Waals surface area contributed by atoms with Gasteiger partial charge < -0.3 is 16.2 Å². The van der Waals surface area contributed by atoms with Crippen molar-refractivity contribution in [2.24, 2.45) is 21.7 Å². The molecule has 0 aliphatic carbocycles. The van der Waals surface area contributed by atoms with Crippen LogP contribution in [-0.4, -0.2) is 12.2 Å². The molecule has 2 aromatic rings. The van der Waals surface area contributed by atoms with Gasteiger partial charge in [-0.1, -0.05) is 29.8 Å². The fraction of sp³-hybridized carbons (Fsp3) is 0.125. The van der Waals surface area contributed by atoms with E-state index in [4.69, 9.17) is 16.2 Å². The number of guanidine groups is 1. The normalized spacial score (nSPS) is 10.5. The zero-order valence-electron chi connectivity index (χ0n) is 11.9. The van der Waals surface area contributed by atoms with Crippen LogP contribution in [0.25, 0.3) is 0 Å². The molecule has 0 fully saturated rings. The second kappa shape index (κ2) is 7.09. The summed E-state index contributed by atoms with van der Waals surface area (Å²) in [6.07, 6.45) is 1.57. The highest BCUT2D eigenvalue weighted by Gasteiger charge is 1.96. The van der Waals surface area contributed by atoms with Crippen LogP contribution >= 0.6 is 0 Å². The first-order valence-corrected chi connectivity index (χ1v) is 6.54. The Kier molecular flexibility index (Phi) is 4.93. The molecule has 0 aliphatic heterocycles. The van der Waals surface area contributed by atoms with Crippen LogP contribution in [0.5, 0.6) is 5.75 Å². The summed E-state index contributed by atoms with van der Waals surface area (Å²) in [6, 6.07) is 15.8. The molecule has 0 aliphatic rings. The lowest BCUT2D eigenvalue weighted by atomic mass is 10.2. The summed E-state index contributed by atoms with van der Waals surface area (Å²) in [5.74, 6) is 0.735. The van der Waals surface area contributed by atoms with Crippen molar-refractivity contribution in [3.63, 3.8) is 0 Å². The van der Waals surface area contributed by atoms with Crippen LogP contribution in [0.4, 0.5) is 0 Å². The molecule has 2 rings (SSSR count). The molecule has 4 N–H and O–H groups in total. The summed E-state index contributed by atoms with van der Waals surface area (Å²) in [6.45, 7) is 2.61. The molecule has 0 saturated carbocycles. The summed E-state index contributed by atoms with van der Waals surface area (Å²) in [5.41, 5.74) is 13.6. The van der Waals surface area contributed by atoms with Crippen LogP contribution in [0.15, 0.2) is 58.7 Å². The van der Waals surface area contributed by atoms with Crippen LogP contribution in [0.1, 0.15) is 16.7 Å². The minimum Gasteiger partial charge on any atom is -0.489 e. The van der Waals surface area contributed by atoms with Crippen molar-refractivity contribution >= 4 is 12.2 Å². The Morgan fingerprint density at radius 3 is 2.33 bits per heavy atom. The molecule has 0 aromatic heterocycles. The maximum Gasteiger partial charge on any atom is 0.211 e. The SMILES string of the molecule is Cc1ccc(COc2ccc(C=NN=C(N)N)cc2)cc1. The van der Waals surface area contributed by atoms with Gasteiger partial charge in [0, 0.05) is 0 Å². The van der Waals surface area contributed by atoms with Gasteiger partial charge in [-0.2, -0.15) is 5.10 Å². The van der Waals surface area contributed by atoms with Gasteiger partial charge in [-0.15, -0.1) is 5.10 Å². The lowest BCUT2D eigenvalue weighted by Gasteiger charge is -2.06. The summed E-state index contributed by atoms with van der Waals surface area (Å²) < 4.78 is 5.72. The van der Waals surface area contributed by atoms with E-state index < -0.39 is 0 Å². The molecule has 0 radical (unpaired) electrons. The van der Waals surface area contributed by atoms with Crippen LogP contribution in [-0.2, 0) is 6.61 Å². The monoisotopic (exact) mass is 282 g/mol. The number of hydrogen-bond donors (Lipinski definition) is 2. The fourth-order valence-corrected chi connectivity index (χ4v) is 1.66. The topological polar surface area (TPSA) is 86.0 Å². The van der Waals surface area contributed by atoms with Gasteiger partial charge in [-0.25, -0.2) is 0 Å². The standard InChI is InChI=1S/C16H18N4O/c1-12-2-4-14(5-3-12)11-21-15-8-6-13(7-9-15)10-19-20-16(17)18/h2-10H,11H2,1H3,(H4,17,18,20). The molecule has 0 amide bonds. The first-order chi connectivity index (χ1) is 10.1. The molecule has 5 heteroatoms. The highest BCUT2D eigenvalue weighted by molar-refractivity contribution is 5.81. The van der Waals surface area contributed by atoms with Gasteiger partial charge in [0.1, 0.15) is 12.4 Å². The van der Waals surface area contributed by atoms with Gasteiger partial charge in [0.25, 0.3) is 0 Å². The first kappa shape index (κ1) is 14.6. The fourth-order valence-electron chi connectivity index (χ4n) is 1.66. The van der Waals surface area contributed by atoms with Gasteiger partial charge in [0.2, 0.25) is 5.96 Å². The molecular formula is C16H18N4O. The Balaban J connectivity index is 1.91. The van der Waals surface area contributed by atoms with E-state index in [2.05, 4.69) is 41.4 Å². The lowest BCUT2D eigenvalue weighted by molar-refractivity contribution is 0.306. The second-order valence-electron chi connectivity index (χ2n) is 4.61. The number of rotatable bonds is 5. The van der Waals surface area contributed by atoms with E-state index in [1.54, 1.807) is 6.21 Å². The van der Waals surface area contributed by atoms with Gasteiger partial charge in [0.05, 0.1) is 6.21 Å². The van der Waals surface area contributed by atoms with E-state index in [1.165, 1.54) is 5.56 Å². The zero-order chi connectivity index (χ0) is 15.1. The molecule has 0 bridgehead atoms. The average Bonchev–Trinajstić information content (AvgIpc) is 2.48. The number of aryl methyl sites for hydroxylation is 1. The van der Waals surface area contributed by atoms with Gasteiger partial charge in [-0.3, -0.25) is 0 Å². The van der Waals surface area contributed by atoms with Gasteiger partial charge in [-0.05, 0) is 42.3 Å². The molecule has 0 atom stereocenters. The molecule has 2 aromatic carbocycles. The third kappa shape index (κ3) is 4.99. The predicted molar refractivity (Wildman–Crippen MR) is 85.4 cm³/mol. The summed E-state index contributed by atoms with van der Waals surface area (Å²) in [4.78, 5) is 0. The van der Waals surface area contributed by atoms with Crippen molar-refractivity contribution in [1.29, 1.82) is 0 Å². The Morgan fingerprint density at radius 1 is 1.05 bits per heavy atom. The maximum atomic E-state index is 5.72. The zero-order valence-corrected chi connectivity index (χ0v) is 11.9. The van der Waals surface area contributed by atoms with Crippen LogP contribution in [0, 0.1) is 6.92 Å². The molecule has 0 heterocycles. The maximum absolute atomic E-state index is 5.72. The quantitative estimate of drug-likeness (QED) is 0.500. The van der Waals surface area contributed by atoms with Crippen molar-refractivity contribution in [1.82, 2.24) is 0 Å². The Bertz CT molecular complexity index is 626. The summed E-state index contributed by atoms with van der Waals surface area (Å²) in [7, 11) is 0. The smallest absolute Gasteiger partial charge is 0.211 e. The third-order valence-corrected chi connectivity index (χ3v) is 2.79. The van der Waals surface area contributed by atoms with Crippen molar-refractivity contribution in [3.05, 3.63) is 65.2 Å². The highest BCUT2D eigenvalue weighted by Crippen LogP contribution is 2.14. The minimum atomic E-state index is -0.0655. The van der Waals surface area contributed by atoms with Gasteiger partial charge >= 0.3 is 0 Å². The van der Waals surface area contributed by atoms with Crippen molar-refractivity contribution in [2.75, 3.05) is 0 Å². The summed E-state index contributed by atoms with van der Waals surface area (Å²) >= 11 is 0. The molecule has 0 spiro atoms. The number of nitrogens with two attached hydrogens (primary N) is 2. The number of benzene rings is 2. The van der Waals surface area contributed by atoms with Gasteiger partial charge in [0.15, 0.2) is 0 Å². The minimum absolute atomic E-state index is 0.0655. The third-order valence-electron chi connectivity index (χ3n) is 2.79. The Hall–Kier alpha value is -2.82. The van der Waals surface area contributed by atoms with E-state index in [0.717, 1.165) is 16.9 Å². The van der Waals surface area contributed by atoms with E-state index in [-0.39, 0.29) is 5.96 Å². The number of ether oxygens (including phenoxy) is 1. The molecule has 0 saturated heterocycles. The molecule has 108 valence electrons. The van der Waals surface area contributed by atoms with Crippen LogP contribution in [0.3, 0.4) is 0 Å². The van der Waals surface area contributed by atoms with E-state index in [9.17, 15) is 0 Å². The Labute approximate surface area is 124 Å². The highest BCUT2D eigenvalue weighted by atomic mass is 16.5. The molecule has 0 unspecified atom stereocenters. The van der Waals surface area contributed by atoms with Crippen molar-refractivity contribution in [2.45, 2.75) is 13.5 Å². The van der Waals surface area contributed by atoms with Crippen LogP contribution < -0.4 is 16.2 Å². The Morgan fingerprint density at radius 2 is 1.71 bits per heavy atom. The van der Waals surface area contributed by atoms with E-state index in [1.807, 2.05) is 24.3 Å². The van der Waals surface area contributed by atoms with Crippen molar-refractivity contribution in [3.8, 4) is 5.75 Å².